The second-order valence-corrected chi connectivity index (χ2v) is 7.32. The molecule has 0 radical (unpaired) electrons. The van der Waals surface area contributed by atoms with E-state index in [1.54, 1.807) is 0 Å². The maximum atomic E-state index is 12.1. The van der Waals surface area contributed by atoms with Crippen molar-refractivity contribution in [2.45, 2.75) is 27.2 Å². The van der Waals surface area contributed by atoms with Crippen LogP contribution in [0.5, 0.6) is 0 Å². The van der Waals surface area contributed by atoms with Crippen LogP contribution in [0.4, 0.5) is 0 Å². The highest BCUT2D eigenvalue weighted by molar-refractivity contribution is 5.93. The normalized spacial score (nSPS) is 10.3. The SMILES string of the molecule is C=C(C)C(=O)OCC(COC(=O)C(=C)C)(COC(=O)C(=C)C)COC(=O)C(=C)CC(=O)O. The summed E-state index contributed by atoms with van der Waals surface area (Å²) in [7, 11) is 0. The molecule has 1 N–H and O–H groups in total. The van der Waals surface area contributed by atoms with E-state index < -0.39 is 68.1 Å². The summed E-state index contributed by atoms with van der Waals surface area (Å²) in [6.07, 6.45) is -0.661. The van der Waals surface area contributed by atoms with Crippen LogP contribution in [-0.2, 0) is 42.9 Å². The van der Waals surface area contributed by atoms with E-state index in [-0.39, 0.29) is 22.3 Å². The third-order valence-corrected chi connectivity index (χ3v) is 3.74. The van der Waals surface area contributed by atoms with Crippen LogP contribution in [-0.4, -0.2) is 61.4 Å². The number of hydrogen-bond donors (Lipinski definition) is 1. The fraction of sp³-hybridized carbons (Fsp3) is 0.409. The summed E-state index contributed by atoms with van der Waals surface area (Å²) in [5.74, 6) is -4.69. The largest absolute Gasteiger partial charge is 0.481 e. The number of esters is 4. The Hall–Kier alpha value is -3.69. The first kappa shape index (κ1) is 28.3. The molecule has 0 bridgehead atoms. The number of carboxylic acids is 1. The summed E-state index contributed by atoms with van der Waals surface area (Å²) in [5, 5.41) is 8.79. The maximum Gasteiger partial charge on any atom is 0.334 e. The molecule has 176 valence electrons. The molecule has 0 aromatic heterocycles. The number of aliphatic carboxylic acids is 1. The lowest BCUT2D eigenvalue weighted by Crippen LogP contribution is -2.44. The van der Waals surface area contributed by atoms with Gasteiger partial charge in [-0.15, -0.1) is 0 Å². The lowest BCUT2D eigenvalue weighted by atomic mass is 9.92. The zero-order valence-electron chi connectivity index (χ0n) is 18.5. The van der Waals surface area contributed by atoms with Crippen molar-refractivity contribution in [2.24, 2.45) is 5.41 Å². The van der Waals surface area contributed by atoms with Crippen molar-refractivity contribution in [3.05, 3.63) is 48.6 Å². The fourth-order valence-corrected chi connectivity index (χ4v) is 1.85. The summed E-state index contributed by atoms with van der Waals surface area (Å²) in [4.78, 5) is 58.6. The second-order valence-electron chi connectivity index (χ2n) is 7.32. The van der Waals surface area contributed by atoms with E-state index in [0.29, 0.717) is 0 Å². The van der Waals surface area contributed by atoms with Crippen LogP contribution in [0.3, 0.4) is 0 Å². The quantitative estimate of drug-likeness (QED) is 0.236. The monoisotopic (exact) mass is 452 g/mol. The number of carbonyl (C=O) groups excluding carboxylic acids is 4. The summed E-state index contributed by atoms with van der Waals surface area (Å²) in [6, 6.07) is 0. The third-order valence-electron chi connectivity index (χ3n) is 3.74. The number of carboxylic acid groups (broad SMARTS) is 1. The van der Waals surface area contributed by atoms with Gasteiger partial charge in [-0.2, -0.15) is 0 Å². The van der Waals surface area contributed by atoms with Crippen molar-refractivity contribution in [1.82, 2.24) is 0 Å². The molecule has 0 spiro atoms. The molecule has 0 saturated heterocycles. The first-order chi connectivity index (χ1) is 14.7. The Bertz CT molecular complexity index is 760. The smallest absolute Gasteiger partial charge is 0.334 e. The topological polar surface area (TPSA) is 142 Å². The highest BCUT2D eigenvalue weighted by atomic mass is 16.6. The number of hydrogen-bond acceptors (Lipinski definition) is 9. The van der Waals surface area contributed by atoms with E-state index in [1.807, 2.05) is 0 Å². The molecule has 10 heteroatoms. The molecule has 10 nitrogen and oxygen atoms in total. The van der Waals surface area contributed by atoms with Crippen molar-refractivity contribution >= 4 is 29.8 Å². The summed E-state index contributed by atoms with van der Waals surface area (Å²) >= 11 is 0. The molecular weight excluding hydrogens is 424 g/mol. The number of rotatable bonds is 14. The van der Waals surface area contributed by atoms with Crippen LogP contribution in [0, 0.1) is 5.41 Å². The maximum absolute atomic E-state index is 12.1. The predicted molar refractivity (Wildman–Crippen MR) is 112 cm³/mol. The fourth-order valence-electron chi connectivity index (χ4n) is 1.85. The van der Waals surface area contributed by atoms with Crippen molar-refractivity contribution in [3.8, 4) is 0 Å². The minimum absolute atomic E-state index is 0.0728. The number of ether oxygens (including phenoxy) is 4. The Labute approximate surface area is 186 Å². The van der Waals surface area contributed by atoms with Crippen LogP contribution in [0.15, 0.2) is 48.6 Å². The minimum atomic E-state index is -1.53. The Balaban J connectivity index is 5.79. The van der Waals surface area contributed by atoms with Gasteiger partial charge in [0.05, 0.1) is 6.42 Å². The molecule has 0 aliphatic carbocycles. The standard InChI is InChI=1S/C22H28O10/c1-13(2)18(25)29-9-22(10-30-19(26)14(3)4,11-31-20(27)15(5)6)12-32-21(28)16(7)8-17(23)24/h1,3,5,7-12H2,2,4,6H3,(H,23,24). The molecule has 0 aromatic carbocycles. The Morgan fingerprint density at radius 2 is 0.906 bits per heavy atom. The van der Waals surface area contributed by atoms with Gasteiger partial charge in [-0.3, -0.25) is 4.79 Å². The molecule has 0 amide bonds. The molecule has 0 aliphatic heterocycles. The van der Waals surface area contributed by atoms with Crippen molar-refractivity contribution in [3.63, 3.8) is 0 Å². The van der Waals surface area contributed by atoms with E-state index in [9.17, 15) is 24.0 Å². The molecular formula is C22H28O10. The van der Waals surface area contributed by atoms with Crippen molar-refractivity contribution < 1.29 is 48.0 Å². The van der Waals surface area contributed by atoms with Crippen LogP contribution in [0.2, 0.25) is 0 Å². The van der Waals surface area contributed by atoms with Gasteiger partial charge in [0.1, 0.15) is 31.8 Å². The van der Waals surface area contributed by atoms with Gasteiger partial charge in [-0.1, -0.05) is 26.3 Å². The molecule has 0 saturated carbocycles. The van der Waals surface area contributed by atoms with Gasteiger partial charge in [0, 0.05) is 22.3 Å². The van der Waals surface area contributed by atoms with Crippen LogP contribution < -0.4 is 0 Å². The summed E-state index contributed by atoms with van der Waals surface area (Å²) in [6.45, 7) is 15.9. The molecule has 0 unspecified atom stereocenters. The number of carbonyl (C=O) groups is 5. The van der Waals surface area contributed by atoms with E-state index in [4.69, 9.17) is 24.1 Å². The third kappa shape index (κ3) is 10.4. The summed E-state index contributed by atoms with van der Waals surface area (Å²) in [5.41, 5.74) is -1.65. The van der Waals surface area contributed by atoms with Gasteiger partial charge in [-0.25, -0.2) is 19.2 Å². The Morgan fingerprint density at radius 1 is 0.625 bits per heavy atom. The second kappa shape index (κ2) is 12.9. The van der Waals surface area contributed by atoms with E-state index in [0.717, 1.165) is 0 Å². The zero-order chi connectivity index (χ0) is 25.1. The highest BCUT2D eigenvalue weighted by Crippen LogP contribution is 2.23. The van der Waals surface area contributed by atoms with Gasteiger partial charge < -0.3 is 24.1 Å². The Kier molecular flexibility index (Phi) is 11.4. The molecule has 0 fully saturated rings. The lowest BCUT2D eigenvalue weighted by molar-refractivity contribution is -0.166. The first-order valence-corrected chi connectivity index (χ1v) is 9.25. The molecule has 0 atom stereocenters. The van der Waals surface area contributed by atoms with Crippen molar-refractivity contribution in [1.29, 1.82) is 0 Å². The van der Waals surface area contributed by atoms with E-state index in [1.165, 1.54) is 20.8 Å². The van der Waals surface area contributed by atoms with E-state index >= 15 is 0 Å². The Morgan fingerprint density at radius 3 is 1.16 bits per heavy atom. The minimum Gasteiger partial charge on any atom is -0.481 e. The van der Waals surface area contributed by atoms with Gasteiger partial charge in [0.2, 0.25) is 0 Å². The molecule has 32 heavy (non-hydrogen) atoms. The average molecular weight is 452 g/mol. The molecule has 0 aliphatic rings. The highest BCUT2D eigenvalue weighted by Gasteiger charge is 2.38. The van der Waals surface area contributed by atoms with Gasteiger partial charge >= 0.3 is 29.8 Å². The average Bonchev–Trinajstić information content (AvgIpc) is 2.70. The lowest BCUT2D eigenvalue weighted by Gasteiger charge is -2.31. The van der Waals surface area contributed by atoms with E-state index in [2.05, 4.69) is 26.3 Å². The van der Waals surface area contributed by atoms with Crippen molar-refractivity contribution in [2.75, 3.05) is 26.4 Å². The summed E-state index contributed by atoms with van der Waals surface area (Å²) < 4.78 is 20.5. The predicted octanol–water partition coefficient (Wildman–Crippen LogP) is 1.90. The van der Waals surface area contributed by atoms with Gasteiger partial charge in [0.15, 0.2) is 0 Å². The van der Waals surface area contributed by atoms with Crippen LogP contribution in [0.1, 0.15) is 27.2 Å². The van der Waals surface area contributed by atoms with Gasteiger partial charge in [0.25, 0.3) is 0 Å². The molecule has 0 aromatic rings. The molecule has 0 heterocycles. The van der Waals surface area contributed by atoms with Gasteiger partial charge in [-0.05, 0) is 20.8 Å². The zero-order valence-corrected chi connectivity index (χ0v) is 18.5. The first-order valence-electron chi connectivity index (χ1n) is 9.25. The van der Waals surface area contributed by atoms with Crippen LogP contribution >= 0.6 is 0 Å². The van der Waals surface area contributed by atoms with Crippen LogP contribution in [0.25, 0.3) is 0 Å². The molecule has 0 rings (SSSR count).